The molecule has 12 heteroatoms. The smallest absolute Gasteiger partial charge is 0.338 e. The number of nitrogens with zero attached hydrogens (tertiary/aromatic N) is 3. The van der Waals surface area contributed by atoms with Gasteiger partial charge in [0.2, 0.25) is 0 Å². The summed E-state index contributed by atoms with van der Waals surface area (Å²) in [6.07, 6.45) is 3.79. The molecule has 0 amide bonds. The molecule has 2 unspecified atom stereocenters. The van der Waals surface area contributed by atoms with Crippen molar-refractivity contribution in [2.24, 2.45) is 4.99 Å². The number of ether oxygens (including phenoxy) is 2. The Morgan fingerprint density at radius 2 is 2.29 bits per heavy atom. The molecule has 3 heterocycles. The van der Waals surface area contributed by atoms with Crippen molar-refractivity contribution < 1.29 is 28.6 Å². The topological polar surface area (TPSA) is 113 Å². The van der Waals surface area contributed by atoms with Crippen LogP contribution in [0.15, 0.2) is 62.7 Å². The minimum Gasteiger partial charge on any atom is -0.478 e. The molecule has 1 aromatic heterocycles. The van der Waals surface area contributed by atoms with Crippen LogP contribution in [0.1, 0.15) is 16.6 Å². The molecule has 0 spiro atoms. The highest BCUT2D eigenvalue weighted by molar-refractivity contribution is 9.10. The number of carboxylic acid groups (broad SMARTS) is 1. The number of carboxylic acids is 1. The maximum atomic E-state index is 14.4. The van der Waals surface area contributed by atoms with Gasteiger partial charge in [-0.25, -0.2) is 19.0 Å². The number of methoxy groups -OCH3 is 1. The summed E-state index contributed by atoms with van der Waals surface area (Å²) >= 11 is 4.68. The first kappa shape index (κ1) is 25.2. The number of rotatable bonds is 7. The highest BCUT2D eigenvalue weighted by atomic mass is 79.9. The second kappa shape index (κ2) is 11.2. The number of hydrogen-bond donors (Lipinski definition) is 2. The molecule has 35 heavy (non-hydrogen) atoms. The number of amidine groups is 1. The molecule has 1 fully saturated rings. The van der Waals surface area contributed by atoms with Crippen molar-refractivity contribution in [1.82, 2.24) is 15.2 Å². The SMILES string of the molecule is COC(=O)C1=C(CN2CCOC(/C=C/C(=O)O)C2)NC(c2nccs2)=NC1c1cccc(F)c1Br. The van der Waals surface area contributed by atoms with Gasteiger partial charge in [-0.15, -0.1) is 11.3 Å². The van der Waals surface area contributed by atoms with Crippen LogP contribution in [0, 0.1) is 5.82 Å². The zero-order valence-corrected chi connectivity index (χ0v) is 21.0. The Morgan fingerprint density at radius 3 is 3.00 bits per heavy atom. The highest BCUT2D eigenvalue weighted by Crippen LogP contribution is 2.37. The Kier molecular flexibility index (Phi) is 8.06. The van der Waals surface area contributed by atoms with E-state index in [1.807, 2.05) is 10.3 Å². The summed E-state index contributed by atoms with van der Waals surface area (Å²) in [4.78, 5) is 35.0. The van der Waals surface area contributed by atoms with Gasteiger partial charge in [-0.2, -0.15) is 0 Å². The van der Waals surface area contributed by atoms with E-state index in [2.05, 4.69) is 26.2 Å². The maximum Gasteiger partial charge on any atom is 0.338 e. The first-order valence-electron chi connectivity index (χ1n) is 10.6. The fraction of sp³-hybridized carbons (Fsp3) is 0.304. The summed E-state index contributed by atoms with van der Waals surface area (Å²) in [5.41, 5.74) is 1.27. The zero-order valence-electron chi connectivity index (χ0n) is 18.6. The predicted molar refractivity (Wildman–Crippen MR) is 131 cm³/mol. The minimum absolute atomic E-state index is 0.208. The van der Waals surface area contributed by atoms with Crippen molar-refractivity contribution in [3.8, 4) is 0 Å². The average molecular weight is 565 g/mol. The van der Waals surface area contributed by atoms with Crippen LogP contribution in [0.4, 0.5) is 4.39 Å². The Labute approximate surface area is 213 Å². The molecule has 1 saturated heterocycles. The summed E-state index contributed by atoms with van der Waals surface area (Å²) < 4.78 is 25.4. The molecule has 2 aliphatic rings. The number of hydrogen-bond acceptors (Lipinski definition) is 9. The zero-order chi connectivity index (χ0) is 24.9. The number of thiazole rings is 1. The predicted octanol–water partition coefficient (Wildman–Crippen LogP) is 2.90. The quantitative estimate of drug-likeness (QED) is 0.390. The van der Waals surface area contributed by atoms with Crippen molar-refractivity contribution >= 4 is 45.0 Å². The molecule has 184 valence electrons. The summed E-state index contributed by atoms with van der Waals surface area (Å²) in [7, 11) is 1.28. The van der Waals surface area contributed by atoms with E-state index in [-0.39, 0.29) is 10.0 Å². The van der Waals surface area contributed by atoms with Crippen LogP contribution in [-0.4, -0.2) is 72.2 Å². The second-order valence-electron chi connectivity index (χ2n) is 7.71. The fourth-order valence-corrected chi connectivity index (χ4v) is 4.95. The Morgan fingerprint density at radius 1 is 1.46 bits per heavy atom. The molecule has 2 aromatic rings. The van der Waals surface area contributed by atoms with Crippen molar-refractivity contribution in [3.05, 3.63) is 74.1 Å². The van der Waals surface area contributed by atoms with E-state index in [1.165, 1.54) is 30.6 Å². The molecule has 0 bridgehead atoms. The van der Waals surface area contributed by atoms with Gasteiger partial charge >= 0.3 is 11.9 Å². The monoisotopic (exact) mass is 564 g/mol. The van der Waals surface area contributed by atoms with Crippen LogP contribution in [0.2, 0.25) is 0 Å². The van der Waals surface area contributed by atoms with Gasteiger partial charge in [-0.05, 0) is 33.6 Å². The number of aliphatic imine (C=N–C) groups is 1. The Hall–Kier alpha value is -2.93. The van der Waals surface area contributed by atoms with E-state index >= 15 is 0 Å². The molecule has 2 N–H and O–H groups in total. The molecule has 2 aliphatic heterocycles. The highest BCUT2D eigenvalue weighted by Gasteiger charge is 2.35. The van der Waals surface area contributed by atoms with Crippen LogP contribution in [0.5, 0.6) is 0 Å². The van der Waals surface area contributed by atoms with Crippen LogP contribution in [-0.2, 0) is 19.1 Å². The van der Waals surface area contributed by atoms with Crippen LogP contribution in [0.25, 0.3) is 0 Å². The lowest BCUT2D eigenvalue weighted by molar-refractivity contribution is -0.136. The van der Waals surface area contributed by atoms with E-state index in [4.69, 9.17) is 19.6 Å². The minimum atomic E-state index is -1.05. The normalized spacial score (nSPS) is 21.1. The largest absolute Gasteiger partial charge is 0.478 e. The second-order valence-corrected chi connectivity index (χ2v) is 9.40. The Balaban J connectivity index is 1.74. The molecule has 2 atom stereocenters. The molecule has 0 radical (unpaired) electrons. The van der Waals surface area contributed by atoms with Crippen molar-refractivity contribution in [2.75, 3.05) is 33.4 Å². The lowest BCUT2D eigenvalue weighted by Gasteiger charge is -2.34. The third kappa shape index (κ3) is 5.84. The van der Waals surface area contributed by atoms with E-state index in [0.29, 0.717) is 48.3 Å². The maximum absolute atomic E-state index is 14.4. The summed E-state index contributed by atoms with van der Waals surface area (Å²) in [6, 6.07) is 3.74. The number of carbonyl (C=O) groups excluding carboxylic acids is 1. The summed E-state index contributed by atoms with van der Waals surface area (Å²) in [5, 5.41) is 14.6. The van der Waals surface area contributed by atoms with Crippen LogP contribution in [0.3, 0.4) is 0 Å². The third-order valence-electron chi connectivity index (χ3n) is 5.46. The number of morpholine rings is 1. The van der Waals surface area contributed by atoms with Gasteiger partial charge in [0, 0.05) is 43.0 Å². The third-order valence-corrected chi connectivity index (χ3v) is 7.07. The average Bonchev–Trinajstić information content (AvgIpc) is 3.39. The van der Waals surface area contributed by atoms with E-state index in [1.54, 1.807) is 18.3 Å². The fourth-order valence-electron chi connectivity index (χ4n) is 3.88. The van der Waals surface area contributed by atoms with Gasteiger partial charge in [-0.3, -0.25) is 9.89 Å². The Bertz CT molecular complexity index is 1200. The number of benzene rings is 1. The van der Waals surface area contributed by atoms with E-state index in [9.17, 15) is 14.0 Å². The number of aromatic nitrogens is 1. The standard InChI is InChI=1S/C23H22BrFN4O5S/c1-33-23(32)18-16(12-29-8-9-34-13(11-29)5-6-17(30)31)27-21(22-26-7-10-35-22)28-20(18)14-3-2-4-15(25)19(14)24/h2-7,10,13,20H,8-9,11-12H2,1H3,(H,27,28)(H,30,31)/b6-5+. The number of esters is 1. The van der Waals surface area contributed by atoms with Crippen molar-refractivity contribution in [1.29, 1.82) is 0 Å². The van der Waals surface area contributed by atoms with Crippen molar-refractivity contribution in [3.63, 3.8) is 0 Å². The van der Waals surface area contributed by atoms with Gasteiger partial charge in [0.15, 0.2) is 10.8 Å². The van der Waals surface area contributed by atoms with Gasteiger partial charge < -0.3 is 19.9 Å². The number of halogens is 2. The lowest BCUT2D eigenvalue weighted by atomic mass is 9.95. The summed E-state index contributed by atoms with van der Waals surface area (Å²) in [5.74, 6) is -1.66. The van der Waals surface area contributed by atoms with E-state index < -0.39 is 29.9 Å². The molecule has 1 aromatic carbocycles. The number of carbonyl (C=O) groups is 2. The van der Waals surface area contributed by atoms with E-state index in [0.717, 1.165) is 6.08 Å². The van der Waals surface area contributed by atoms with Gasteiger partial charge in [0.25, 0.3) is 0 Å². The molecule has 0 saturated carbocycles. The molecule has 4 rings (SSSR count). The van der Waals surface area contributed by atoms with Crippen LogP contribution < -0.4 is 5.32 Å². The van der Waals surface area contributed by atoms with Gasteiger partial charge in [0.1, 0.15) is 11.9 Å². The number of nitrogens with one attached hydrogen (secondary N) is 1. The summed E-state index contributed by atoms with van der Waals surface area (Å²) in [6.45, 7) is 1.68. The van der Waals surface area contributed by atoms with Crippen LogP contribution >= 0.6 is 27.3 Å². The van der Waals surface area contributed by atoms with Gasteiger partial charge in [-0.1, -0.05) is 12.1 Å². The molecular weight excluding hydrogens is 543 g/mol. The number of aliphatic carboxylic acids is 1. The molecule has 0 aliphatic carbocycles. The molecular formula is C23H22BrFN4O5S. The molecule has 9 nitrogen and oxygen atoms in total. The van der Waals surface area contributed by atoms with Crippen molar-refractivity contribution in [2.45, 2.75) is 12.1 Å². The first-order chi connectivity index (χ1) is 16.9. The first-order valence-corrected chi connectivity index (χ1v) is 12.3. The van der Waals surface area contributed by atoms with Gasteiger partial charge in [0.05, 0.1) is 29.9 Å². The lowest BCUT2D eigenvalue weighted by Crippen LogP contribution is -2.46.